The van der Waals surface area contributed by atoms with Crippen molar-refractivity contribution < 1.29 is 29.0 Å². The van der Waals surface area contributed by atoms with Gasteiger partial charge in [0.25, 0.3) is 0 Å². The first-order chi connectivity index (χ1) is 4.93. The predicted octanol–water partition coefficient (Wildman–Crippen LogP) is -1.46. The van der Waals surface area contributed by atoms with E-state index in [1.165, 1.54) is 0 Å². The van der Waals surface area contributed by atoms with Crippen LogP contribution in [0.2, 0.25) is 0 Å². The number of hydrogen-bond donors (Lipinski definition) is 4. The van der Waals surface area contributed by atoms with Gasteiger partial charge in [-0.2, -0.15) is 0 Å². The molecule has 2 unspecified atom stereocenters. The molecule has 7 heteroatoms. The van der Waals surface area contributed by atoms with Gasteiger partial charge in [0.15, 0.2) is 0 Å². The summed E-state index contributed by atoms with van der Waals surface area (Å²) in [6, 6.07) is 0. The summed E-state index contributed by atoms with van der Waals surface area (Å²) < 4.78 is 8.72. The van der Waals surface area contributed by atoms with Gasteiger partial charge < -0.3 is 0 Å². The molecule has 0 aromatic carbocycles. The second-order valence-electron chi connectivity index (χ2n) is 2.36. The van der Waals surface area contributed by atoms with E-state index in [4.69, 9.17) is 20.0 Å². The number of aliphatic hydroxyl groups excluding tert-OH is 2. The molecule has 1 rings (SSSR count). The first-order valence-electron chi connectivity index (χ1n) is 2.98. The molecule has 1 aliphatic rings. The molecule has 0 aromatic heterocycles. The van der Waals surface area contributed by atoms with Crippen molar-refractivity contribution in [2.24, 2.45) is 0 Å². The van der Waals surface area contributed by atoms with E-state index in [1.54, 1.807) is 0 Å². The minimum atomic E-state index is -4.46. The van der Waals surface area contributed by atoms with E-state index in [1.807, 2.05) is 0 Å². The van der Waals surface area contributed by atoms with Crippen molar-refractivity contribution >= 4 is 7.51 Å². The molecule has 1 fully saturated rings. The Balaban J connectivity index is 2.59. The zero-order chi connectivity index (χ0) is 8.72. The van der Waals surface area contributed by atoms with Crippen LogP contribution in [0.3, 0.4) is 0 Å². The summed E-state index contributed by atoms with van der Waals surface area (Å²) in [6.07, 6.45) is -1.30. The van der Waals surface area contributed by atoms with Crippen LogP contribution in [0.25, 0.3) is 0 Å². The fraction of sp³-hybridized carbons (Fsp3) is 1.00. The summed E-state index contributed by atoms with van der Waals surface area (Å²) in [7, 11) is -3.39. The van der Waals surface area contributed by atoms with Gasteiger partial charge in [0.1, 0.15) is 0 Å². The van der Waals surface area contributed by atoms with Crippen molar-refractivity contribution in [2.75, 3.05) is 13.7 Å². The van der Waals surface area contributed by atoms with Gasteiger partial charge in [0.2, 0.25) is 0 Å². The van der Waals surface area contributed by atoms with Gasteiger partial charge in [-0.25, -0.2) is 0 Å². The van der Waals surface area contributed by atoms with E-state index in [-0.39, 0.29) is 0 Å². The molecule has 0 radical (unpaired) electrons. The molecule has 1 heterocycles. The van der Waals surface area contributed by atoms with Gasteiger partial charge in [-0.1, -0.05) is 0 Å². The molecule has 0 spiro atoms. The van der Waals surface area contributed by atoms with Crippen molar-refractivity contribution in [3.8, 4) is 0 Å². The molecule has 0 aliphatic carbocycles. The molecule has 68 valence electrons. The van der Waals surface area contributed by atoms with E-state index in [2.05, 4.69) is 9.05 Å². The Kier molecular flexibility index (Phi) is 1.97. The van der Waals surface area contributed by atoms with Crippen LogP contribution in [0, 0.1) is 0 Å². The summed E-state index contributed by atoms with van der Waals surface area (Å²) in [5.41, 5.74) is 0. The van der Waals surface area contributed by atoms with Crippen molar-refractivity contribution in [1.82, 2.24) is 0 Å². The van der Waals surface area contributed by atoms with Crippen LogP contribution in [-0.4, -0.2) is 45.7 Å². The second-order valence-corrected chi connectivity index (χ2v) is 5.31. The zero-order valence-corrected chi connectivity index (χ0v) is 6.81. The Labute approximate surface area is 63.2 Å². The van der Waals surface area contributed by atoms with Crippen LogP contribution in [0.1, 0.15) is 0 Å². The molecule has 2 atom stereocenters. The van der Waals surface area contributed by atoms with Crippen LogP contribution in [0.4, 0.5) is 0 Å². The number of hydrogen-bond acceptors (Lipinski definition) is 6. The topological polar surface area (TPSA) is 103 Å². The SMILES string of the molecule is COP1(O)(O)OC1C(O)CO. The average molecular weight is 186 g/mol. The monoisotopic (exact) mass is 186 g/mol. The first kappa shape index (κ1) is 9.28. The summed E-state index contributed by atoms with van der Waals surface area (Å²) in [6.45, 7) is -0.590. The standard InChI is InChI=1S/C4H11O6P/c1-9-11(7,8)4(10-11)3(6)2-5/h3-8H,2H2,1H3. The van der Waals surface area contributed by atoms with E-state index in [9.17, 15) is 0 Å². The zero-order valence-electron chi connectivity index (χ0n) is 5.91. The van der Waals surface area contributed by atoms with Gasteiger partial charge >= 0.3 is 62.2 Å². The first-order valence-corrected chi connectivity index (χ1v) is 5.03. The Morgan fingerprint density at radius 2 is 2.18 bits per heavy atom. The molecular weight excluding hydrogens is 175 g/mol. The van der Waals surface area contributed by atoms with Gasteiger partial charge in [-0.05, 0) is 0 Å². The maximum atomic E-state index is 9.13. The van der Waals surface area contributed by atoms with Crippen molar-refractivity contribution in [3.05, 3.63) is 0 Å². The maximum absolute atomic E-state index is 9.13. The Morgan fingerprint density at radius 3 is 2.45 bits per heavy atom. The summed E-state index contributed by atoms with van der Waals surface area (Å²) in [5, 5.41) is 17.3. The van der Waals surface area contributed by atoms with Crippen LogP contribution in [0.15, 0.2) is 0 Å². The van der Waals surface area contributed by atoms with Gasteiger partial charge in [0.05, 0.1) is 0 Å². The Hall–Kier alpha value is 0.190. The van der Waals surface area contributed by atoms with Crippen LogP contribution < -0.4 is 0 Å². The average Bonchev–Trinajstić information content (AvgIpc) is 2.57. The van der Waals surface area contributed by atoms with Crippen LogP contribution in [0.5, 0.6) is 0 Å². The fourth-order valence-electron chi connectivity index (χ4n) is 0.778. The molecular formula is C4H11O6P. The third kappa shape index (κ3) is 1.39. The Bertz CT molecular complexity index is 170. The molecule has 0 aromatic rings. The molecule has 0 amide bonds. The van der Waals surface area contributed by atoms with Crippen LogP contribution >= 0.6 is 7.51 Å². The third-order valence-corrected chi connectivity index (χ3v) is 3.98. The third-order valence-electron chi connectivity index (χ3n) is 1.56. The van der Waals surface area contributed by atoms with Crippen LogP contribution in [-0.2, 0) is 9.05 Å². The summed E-state index contributed by atoms with van der Waals surface area (Å²) in [5.74, 6) is -1.18. The fourth-order valence-corrected chi connectivity index (χ4v) is 2.62. The minimum absolute atomic E-state index is 0.590. The van der Waals surface area contributed by atoms with Crippen molar-refractivity contribution in [2.45, 2.75) is 11.9 Å². The number of rotatable bonds is 3. The van der Waals surface area contributed by atoms with E-state index in [0.29, 0.717) is 0 Å². The molecule has 0 saturated carbocycles. The van der Waals surface area contributed by atoms with E-state index in [0.717, 1.165) is 7.11 Å². The summed E-state index contributed by atoms with van der Waals surface area (Å²) >= 11 is 0. The van der Waals surface area contributed by atoms with Crippen molar-refractivity contribution in [1.29, 1.82) is 0 Å². The second kappa shape index (κ2) is 2.34. The molecule has 1 aliphatic heterocycles. The van der Waals surface area contributed by atoms with E-state index < -0.39 is 26.1 Å². The van der Waals surface area contributed by atoms with E-state index >= 15 is 0 Å². The molecule has 0 bridgehead atoms. The number of aliphatic hydroxyl groups is 2. The van der Waals surface area contributed by atoms with Gasteiger partial charge in [-0.15, -0.1) is 0 Å². The molecule has 4 N–H and O–H groups in total. The molecule has 1 saturated heterocycles. The summed E-state index contributed by atoms with van der Waals surface area (Å²) in [4.78, 5) is 18.3. The normalized spacial score (nSPS) is 38.6. The molecule has 6 nitrogen and oxygen atoms in total. The van der Waals surface area contributed by atoms with Crippen molar-refractivity contribution in [3.63, 3.8) is 0 Å². The predicted molar refractivity (Wildman–Crippen MR) is 36.3 cm³/mol. The van der Waals surface area contributed by atoms with Gasteiger partial charge in [0, 0.05) is 0 Å². The quantitative estimate of drug-likeness (QED) is 0.317. The Morgan fingerprint density at radius 1 is 1.64 bits per heavy atom. The molecule has 11 heavy (non-hydrogen) atoms. The van der Waals surface area contributed by atoms with Gasteiger partial charge in [-0.3, -0.25) is 0 Å².